The van der Waals surface area contributed by atoms with Gasteiger partial charge in [0, 0.05) is 47.8 Å². The number of alkyl halides is 6. The first-order valence-electron chi connectivity index (χ1n) is 18.4. The van der Waals surface area contributed by atoms with Crippen LogP contribution < -0.4 is 18.9 Å². The highest BCUT2D eigenvalue weighted by molar-refractivity contribution is 7.19. The number of thiophene rings is 2. The Hall–Kier alpha value is -5.36. The third-order valence-corrected chi connectivity index (χ3v) is 12.8. The number of hydrogen-bond donors (Lipinski definition) is 4. The van der Waals surface area contributed by atoms with E-state index in [4.69, 9.17) is 18.9 Å². The molecule has 0 amide bonds. The van der Waals surface area contributed by atoms with E-state index < -0.39 is 66.5 Å². The number of methoxy groups -OCH3 is 4. The average Bonchev–Trinajstić information content (AvgIpc) is 3.94. The second kappa shape index (κ2) is 16.8. The van der Waals surface area contributed by atoms with Gasteiger partial charge in [0.25, 0.3) is 0 Å². The van der Waals surface area contributed by atoms with E-state index in [1.54, 1.807) is 18.2 Å². The van der Waals surface area contributed by atoms with Crippen LogP contribution in [0.4, 0.5) is 26.3 Å². The first-order chi connectivity index (χ1) is 29.1. The summed E-state index contributed by atoms with van der Waals surface area (Å²) >= 11 is 1.67. The second-order valence-electron chi connectivity index (χ2n) is 14.1. The van der Waals surface area contributed by atoms with E-state index >= 15 is 26.3 Å². The summed E-state index contributed by atoms with van der Waals surface area (Å²) in [5, 5.41) is 40.3. The van der Waals surface area contributed by atoms with Crippen molar-refractivity contribution >= 4 is 33.8 Å². The van der Waals surface area contributed by atoms with Gasteiger partial charge in [0.15, 0.2) is 0 Å². The lowest BCUT2D eigenvalue weighted by atomic mass is 9.91. The Morgan fingerprint density at radius 3 is 1.08 bits per heavy atom. The molecule has 1 aliphatic rings. The van der Waals surface area contributed by atoms with Gasteiger partial charge in [0.1, 0.15) is 23.0 Å². The van der Waals surface area contributed by atoms with E-state index in [0.29, 0.717) is 28.2 Å². The molecular formula is C45H38F6O8S2. The number of benzene rings is 4. The van der Waals surface area contributed by atoms with Gasteiger partial charge in [-0.2, -0.15) is 26.3 Å². The Kier molecular flexibility index (Phi) is 12.1. The fourth-order valence-electron chi connectivity index (χ4n) is 7.34. The molecule has 61 heavy (non-hydrogen) atoms. The molecule has 0 aliphatic heterocycles. The molecule has 320 valence electrons. The SMILES string of the molecule is COc1cc(OC)cc(-c2cc(C3=C(c4cc(-c5cc(CO)cc(CO)c5)sc4-c4cc(CO)cc(OC)c4)C(F)(F)C(F)(F)C3(F)F)c(-c3cc(CO)cc(OC)c3)s2)c1. The number of halogens is 6. The minimum absolute atomic E-state index is 0.0895. The van der Waals surface area contributed by atoms with Gasteiger partial charge >= 0.3 is 17.8 Å². The highest BCUT2D eigenvalue weighted by Crippen LogP contribution is 2.67. The number of ether oxygens (including phenoxy) is 4. The van der Waals surface area contributed by atoms with Crippen molar-refractivity contribution in [2.24, 2.45) is 0 Å². The van der Waals surface area contributed by atoms with Crippen LogP contribution in [0.1, 0.15) is 33.4 Å². The zero-order valence-corrected chi connectivity index (χ0v) is 34.6. The second-order valence-corrected chi connectivity index (χ2v) is 16.2. The van der Waals surface area contributed by atoms with Crippen LogP contribution in [0.25, 0.3) is 52.9 Å². The van der Waals surface area contributed by atoms with Crippen LogP contribution in [0.5, 0.6) is 23.0 Å². The molecule has 0 atom stereocenters. The highest BCUT2D eigenvalue weighted by atomic mass is 32.1. The molecule has 0 saturated heterocycles. The molecule has 7 rings (SSSR count). The average molecular weight is 885 g/mol. The molecule has 0 spiro atoms. The Morgan fingerprint density at radius 1 is 0.410 bits per heavy atom. The van der Waals surface area contributed by atoms with Crippen LogP contribution in [0.15, 0.2) is 84.9 Å². The van der Waals surface area contributed by atoms with Crippen molar-refractivity contribution in [2.45, 2.75) is 44.2 Å². The molecule has 0 bridgehead atoms. The van der Waals surface area contributed by atoms with Gasteiger partial charge in [-0.05, 0) is 117 Å². The minimum Gasteiger partial charge on any atom is -0.497 e. The molecule has 4 aromatic carbocycles. The monoisotopic (exact) mass is 884 g/mol. The summed E-state index contributed by atoms with van der Waals surface area (Å²) in [5.41, 5.74) is -2.61. The van der Waals surface area contributed by atoms with Gasteiger partial charge in [-0.3, -0.25) is 0 Å². The predicted molar refractivity (Wildman–Crippen MR) is 222 cm³/mol. The van der Waals surface area contributed by atoms with Crippen molar-refractivity contribution in [3.63, 3.8) is 0 Å². The number of allylic oxidation sites excluding steroid dienone is 2. The summed E-state index contributed by atoms with van der Waals surface area (Å²) in [6, 6.07) is 20.0. The number of hydrogen-bond acceptors (Lipinski definition) is 10. The molecule has 4 N–H and O–H groups in total. The lowest BCUT2D eigenvalue weighted by Crippen LogP contribution is -2.48. The zero-order chi connectivity index (χ0) is 44.0. The van der Waals surface area contributed by atoms with E-state index in [0.717, 1.165) is 34.8 Å². The van der Waals surface area contributed by atoms with E-state index in [2.05, 4.69) is 0 Å². The standard InChI is InChI=1S/C45H38F6O8S2/c1-56-31-10-25(21-54)8-29(14-31)41-35(17-37(60-41)27-6-23(19-52)5-24(7-27)20-53)39-40(44(48,49)45(50,51)43(39,46)47)36-18-38(28-12-33(58-3)16-34(13-28)59-4)61-42(36)30-9-26(22-55)11-32(15-30)57-2/h5-18,52-55H,19-22H2,1-4H3. The summed E-state index contributed by atoms with van der Waals surface area (Å²) in [6.45, 7) is -2.02. The van der Waals surface area contributed by atoms with Crippen LogP contribution in [-0.2, 0) is 26.4 Å². The zero-order valence-electron chi connectivity index (χ0n) is 32.9. The Morgan fingerprint density at radius 2 is 0.721 bits per heavy atom. The van der Waals surface area contributed by atoms with Crippen molar-refractivity contribution in [3.8, 4) is 64.8 Å². The predicted octanol–water partition coefficient (Wildman–Crippen LogP) is 10.3. The normalized spacial score (nSPS) is 15.3. The highest BCUT2D eigenvalue weighted by Gasteiger charge is 2.80. The van der Waals surface area contributed by atoms with Gasteiger partial charge in [-0.1, -0.05) is 6.07 Å². The molecular weight excluding hydrogens is 847 g/mol. The largest absolute Gasteiger partial charge is 0.497 e. The molecule has 0 unspecified atom stereocenters. The van der Waals surface area contributed by atoms with Gasteiger partial charge < -0.3 is 39.4 Å². The Balaban J connectivity index is 1.64. The van der Waals surface area contributed by atoms with Crippen molar-refractivity contribution in [2.75, 3.05) is 28.4 Å². The van der Waals surface area contributed by atoms with Gasteiger partial charge in [-0.15, -0.1) is 22.7 Å². The van der Waals surface area contributed by atoms with Crippen LogP contribution in [-0.4, -0.2) is 66.6 Å². The molecule has 16 heteroatoms. The minimum atomic E-state index is -5.96. The maximum absolute atomic E-state index is 16.9. The Bertz CT molecular complexity index is 2390. The third-order valence-electron chi connectivity index (χ3n) is 10.3. The van der Waals surface area contributed by atoms with Gasteiger partial charge in [0.05, 0.1) is 54.9 Å². The number of aliphatic hydroxyl groups is 4. The summed E-state index contributed by atoms with van der Waals surface area (Å²) in [5.74, 6) is -16.0. The topological polar surface area (TPSA) is 118 Å². The number of aliphatic hydroxyl groups excluding tert-OH is 4. The van der Waals surface area contributed by atoms with Crippen LogP contribution in [0.2, 0.25) is 0 Å². The van der Waals surface area contributed by atoms with E-state index in [-0.39, 0.29) is 58.8 Å². The van der Waals surface area contributed by atoms with Crippen molar-refractivity contribution in [1.29, 1.82) is 0 Å². The smallest absolute Gasteiger partial charge is 0.380 e. The van der Waals surface area contributed by atoms with E-state index in [1.165, 1.54) is 83.0 Å². The molecule has 6 aromatic rings. The first kappa shape index (κ1) is 43.7. The third kappa shape index (κ3) is 7.65. The summed E-state index contributed by atoms with van der Waals surface area (Å²) in [7, 11) is 5.42. The van der Waals surface area contributed by atoms with E-state index in [1.807, 2.05) is 0 Å². The maximum atomic E-state index is 16.9. The lowest BCUT2D eigenvalue weighted by Gasteiger charge is -2.26. The van der Waals surface area contributed by atoms with E-state index in [9.17, 15) is 20.4 Å². The van der Waals surface area contributed by atoms with Crippen molar-refractivity contribution < 1.29 is 65.7 Å². The molecule has 0 saturated carbocycles. The molecule has 2 heterocycles. The van der Waals surface area contributed by atoms with Crippen LogP contribution in [0.3, 0.4) is 0 Å². The summed E-state index contributed by atoms with van der Waals surface area (Å²) in [4.78, 5) is 0.0957. The van der Waals surface area contributed by atoms with Crippen molar-refractivity contribution in [3.05, 3.63) is 118 Å². The fraction of sp³-hybridized carbons (Fsp3) is 0.244. The first-order valence-corrected chi connectivity index (χ1v) is 20.0. The molecule has 1 aliphatic carbocycles. The van der Waals surface area contributed by atoms with Crippen LogP contribution >= 0.6 is 22.7 Å². The molecule has 2 aromatic heterocycles. The maximum Gasteiger partial charge on any atom is 0.380 e. The molecule has 0 radical (unpaired) electrons. The summed E-state index contributed by atoms with van der Waals surface area (Å²) < 4.78 is 122. The van der Waals surface area contributed by atoms with Gasteiger partial charge in [0.2, 0.25) is 0 Å². The quantitative estimate of drug-likeness (QED) is 0.0799. The van der Waals surface area contributed by atoms with Crippen molar-refractivity contribution in [1.82, 2.24) is 0 Å². The Labute approximate surface area is 354 Å². The van der Waals surface area contributed by atoms with Crippen LogP contribution in [0, 0.1) is 0 Å². The fourth-order valence-corrected chi connectivity index (χ4v) is 9.62. The molecule has 8 nitrogen and oxygen atoms in total. The van der Waals surface area contributed by atoms with Gasteiger partial charge in [-0.25, -0.2) is 0 Å². The molecule has 0 fully saturated rings. The lowest BCUT2D eigenvalue weighted by molar-refractivity contribution is -0.254. The number of rotatable bonds is 14. The summed E-state index contributed by atoms with van der Waals surface area (Å²) in [6.07, 6.45) is 0.